The highest BCUT2D eigenvalue weighted by Crippen LogP contribution is 2.22. The van der Waals surface area contributed by atoms with E-state index < -0.39 is 15.8 Å². The highest BCUT2D eigenvalue weighted by atomic mass is 35.5. The molecular formula is C13H19Cl2FN2O2S. The van der Waals surface area contributed by atoms with Gasteiger partial charge in [0.15, 0.2) is 0 Å². The smallest absolute Gasteiger partial charge is 0.218 e. The first-order chi connectivity index (χ1) is 9.42. The lowest BCUT2D eigenvalue weighted by molar-refractivity contribution is 0.271. The molecule has 0 saturated carbocycles. The van der Waals surface area contributed by atoms with Crippen molar-refractivity contribution in [3.05, 3.63) is 34.6 Å². The van der Waals surface area contributed by atoms with Crippen LogP contribution >= 0.6 is 24.0 Å². The summed E-state index contributed by atoms with van der Waals surface area (Å²) < 4.78 is 39.3. The summed E-state index contributed by atoms with van der Waals surface area (Å²) in [5.41, 5.74) is 6.11. The molecule has 1 heterocycles. The van der Waals surface area contributed by atoms with Crippen LogP contribution in [0, 0.1) is 11.7 Å². The number of hydrogen-bond acceptors (Lipinski definition) is 3. The summed E-state index contributed by atoms with van der Waals surface area (Å²) in [6, 6.07) is 3.99. The third kappa shape index (κ3) is 4.79. The molecule has 2 rings (SSSR count). The van der Waals surface area contributed by atoms with Crippen LogP contribution in [0.1, 0.15) is 18.4 Å². The van der Waals surface area contributed by atoms with E-state index in [1.165, 1.54) is 22.5 Å². The molecule has 1 aromatic carbocycles. The molecule has 1 aliphatic heterocycles. The van der Waals surface area contributed by atoms with E-state index >= 15 is 0 Å². The van der Waals surface area contributed by atoms with E-state index in [9.17, 15) is 12.8 Å². The van der Waals surface area contributed by atoms with Crippen LogP contribution in [0.25, 0.3) is 0 Å². The Morgan fingerprint density at radius 2 is 2.14 bits per heavy atom. The van der Waals surface area contributed by atoms with E-state index in [-0.39, 0.29) is 29.1 Å². The Morgan fingerprint density at radius 3 is 2.76 bits per heavy atom. The van der Waals surface area contributed by atoms with Crippen LogP contribution in [0.15, 0.2) is 18.2 Å². The maximum Gasteiger partial charge on any atom is 0.218 e. The Kier molecular flexibility index (Phi) is 6.87. The summed E-state index contributed by atoms with van der Waals surface area (Å²) in [6.45, 7) is 1.48. The fourth-order valence-electron chi connectivity index (χ4n) is 2.40. The summed E-state index contributed by atoms with van der Waals surface area (Å²) in [7, 11) is -3.41. The maximum atomic E-state index is 13.1. The maximum absolute atomic E-state index is 13.1. The number of nitrogens with two attached hydrogens (primary N) is 1. The fraction of sp³-hybridized carbons (Fsp3) is 0.538. The Morgan fingerprint density at radius 1 is 1.43 bits per heavy atom. The van der Waals surface area contributed by atoms with Gasteiger partial charge < -0.3 is 5.73 Å². The second kappa shape index (κ2) is 7.74. The average molecular weight is 357 g/mol. The molecule has 0 bridgehead atoms. The summed E-state index contributed by atoms with van der Waals surface area (Å²) in [5, 5.41) is -0.0591. The standard InChI is InChI=1S/C13H18ClFN2O2S.ClH/c14-12-6-10(3-4-13(12)15)9-20(18,19)17-5-1-2-11(7-16)8-17;/h3-4,6,11H,1-2,5,7-9,16H2;1H. The lowest BCUT2D eigenvalue weighted by atomic mass is 10.0. The molecule has 1 saturated heterocycles. The molecule has 1 aromatic rings. The predicted octanol–water partition coefficient (Wildman–Crippen LogP) is 2.40. The monoisotopic (exact) mass is 356 g/mol. The number of rotatable bonds is 4. The minimum Gasteiger partial charge on any atom is -0.330 e. The SMILES string of the molecule is Cl.NCC1CCCN(S(=O)(=O)Cc2ccc(F)c(Cl)c2)C1. The van der Waals surface area contributed by atoms with E-state index in [4.69, 9.17) is 17.3 Å². The molecule has 2 N–H and O–H groups in total. The van der Waals surface area contributed by atoms with Gasteiger partial charge in [-0.25, -0.2) is 17.1 Å². The zero-order chi connectivity index (χ0) is 14.8. The van der Waals surface area contributed by atoms with E-state index in [2.05, 4.69) is 0 Å². The number of halogens is 3. The minimum atomic E-state index is -3.41. The molecule has 0 aliphatic carbocycles. The molecule has 0 amide bonds. The van der Waals surface area contributed by atoms with Gasteiger partial charge >= 0.3 is 0 Å². The van der Waals surface area contributed by atoms with E-state index in [0.717, 1.165) is 12.8 Å². The average Bonchev–Trinajstić information content (AvgIpc) is 2.43. The van der Waals surface area contributed by atoms with Crippen LogP contribution in [0.5, 0.6) is 0 Å². The molecule has 0 radical (unpaired) electrons. The number of benzene rings is 1. The van der Waals surface area contributed by atoms with Gasteiger partial charge in [0.05, 0.1) is 10.8 Å². The fourth-order valence-corrected chi connectivity index (χ4v) is 4.23. The summed E-state index contributed by atoms with van der Waals surface area (Å²) in [6.07, 6.45) is 1.79. The number of sulfonamides is 1. The zero-order valence-electron chi connectivity index (χ0n) is 11.5. The van der Waals surface area contributed by atoms with Gasteiger partial charge in [-0.05, 0) is 43.0 Å². The van der Waals surface area contributed by atoms with Gasteiger partial charge in [0.1, 0.15) is 5.82 Å². The molecule has 1 fully saturated rings. The molecule has 21 heavy (non-hydrogen) atoms. The van der Waals surface area contributed by atoms with Gasteiger partial charge in [0, 0.05) is 13.1 Å². The Hall–Kier alpha value is -0.400. The van der Waals surface area contributed by atoms with E-state index in [1.807, 2.05) is 0 Å². The van der Waals surface area contributed by atoms with Gasteiger partial charge in [-0.2, -0.15) is 0 Å². The van der Waals surface area contributed by atoms with Crippen LogP contribution in [-0.2, 0) is 15.8 Å². The van der Waals surface area contributed by atoms with Gasteiger partial charge in [-0.1, -0.05) is 17.7 Å². The quantitative estimate of drug-likeness (QED) is 0.900. The first kappa shape index (κ1) is 18.6. The normalized spacial score (nSPS) is 20.0. The van der Waals surface area contributed by atoms with Crippen LogP contribution in [0.3, 0.4) is 0 Å². The topological polar surface area (TPSA) is 63.4 Å². The van der Waals surface area contributed by atoms with Crippen molar-refractivity contribution in [1.82, 2.24) is 4.31 Å². The van der Waals surface area contributed by atoms with E-state index in [1.54, 1.807) is 0 Å². The second-order valence-electron chi connectivity index (χ2n) is 5.11. The Balaban J connectivity index is 0.00000220. The van der Waals surface area contributed by atoms with Crippen molar-refractivity contribution in [3.8, 4) is 0 Å². The Bertz CT molecular complexity index is 584. The second-order valence-corrected chi connectivity index (χ2v) is 7.48. The molecule has 1 aliphatic rings. The van der Waals surface area contributed by atoms with Crippen molar-refractivity contribution in [1.29, 1.82) is 0 Å². The van der Waals surface area contributed by atoms with E-state index in [0.29, 0.717) is 25.2 Å². The first-order valence-corrected chi connectivity index (χ1v) is 8.53. The highest BCUT2D eigenvalue weighted by molar-refractivity contribution is 7.88. The minimum absolute atomic E-state index is 0. The first-order valence-electron chi connectivity index (χ1n) is 6.54. The van der Waals surface area contributed by atoms with Crippen molar-refractivity contribution in [2.24, 2.45) is 11.7 Å². The highest BCUT2D eigenvalue weighted by Gasteiger charge is 2.28. The number of nitrogens with zero attached hydrogens (tertiary/aromatic N) is 1. The van der Waals surface area contributed by atoms with Crippen LogP contribution in [0.4, 0.5) is 4.39 Å². The molecular weight excluding hydrogens is 338 g/mol. The van der Waals surface area contributed by atoms with Crippen LogP contribution in [-0.4, -0.2) is 32.4 Å². The van der Waals surface area contributed by atoms with Gasteiger partial charge in [0.25, 0.3) is 0 Å². The molecule has 120 valence electrons. The Labute approximate surface area is 135 Å². The van der Waals surface area contributed by atoms with Gasteiger partial charge in [0.2, 0.25) is 10.0 Å². The zero-order valence-corrected chi connectivity index (χ0v) is 13.9. The third-order valence-corrected chi connectivity index (χ3v) is 5.65. The summed E-state index contributed by atoms with van der Waals surface area (Å²) >= 11 is 5.67. The van der Waals surface area contributed by atoms with Crippen molar-refractivity contribution in [3.63, 3.8) is 0 Å². The summed E-state index contributed by atoms with van der Waals surface area (Å²) in [5.74, 6) is -0.492. The largest absolute Gasteiger partial charge is 0.330 e. The molecule has 4 nitrogen and oxygen atoms in total. The number of piperidine rings is 1. The molecule has 1 atom stereocenters. The number of hydrogen-bond donors (Lipinski definition) is 1. The van der Waals surface area contributed by atoms with Crippen molar-refractivity contribution >= 4 is 34.0 Å². The van der Waals surface area contributed by atoms with Gasteiger partial charge in [-0.15, -0.1) is 12.4 Å². The van der Waals surface area contributed by atoms with Crippen LogP contribution < -0.4 is 5.73 Å². The third-order valence-electron chi connectivity index (χ3n) is 3.54. The lowest BCUT2D eigenvalue weighted by Gasteiger charge is -2.31. The molecule has 0 spiro atoms. The summed E-state index contributed by atoms with van der Waals surface area (Å²) in [4.78, 5) is 0. The molecule has 8 heteroatoms. The molecule has 1 unspecified atom stereocenters. The van der Waals surface area contributed by atoms with Crippen molar-refractivity contribution in [2.45, 2.75) is 18.6 Å². The van der Waals surface area contributed by atoms with Crippen LogP contribution in [0.2, 0.25) is 5.02 Å². The van der Waals surface area contributed by atoms with Crippen molar-refractivity contribution < 1.29 is 12.8 Å². The predicted molar refractivity (Wildman–Crippen MR) is 84.6 cm³/mol. The van der Waals surface area contributed by atoms with Gasteiger partial charge in [-0.3, -0.25) is 0 Å². The lowest BCUT2D eigenvalue weighted by Crippen LogP contribution is -2.42. The van der Waals surface area contributed by atoms with Crippen molar-refractivity contribution in [2.75, 3.05) is 19.6 Å². The molecule has 0 aromatic heterocycles.